The van der Waals surface area contributed by atoms with Crippen molar-refractivity contribution in [2.75, 3.05) is 6.61 Å². The standard InChI is InChI=1S/C10H14N4O3/c15-9(16)7-3-1-2-6(11-7)8-12-13-10-14(8)4-5-17-10/h6-7,11H,1-5H2,(H,15,16). The average Bonchev–Trinajstić information content (AvgIpc) is 2.90. The zero-order valence-corrected chi connectivity index (χ0v) is 9.30. The molecule has 7 nitrogen and oxygen atoms in total. The summed E-state index contributed by atoms with van der Waals surface area (Å²) in [5, 5.41) is 20.2. The van der Waals surface area contributed by atoms with Crippen molar-refractivity contribution in [1.82, 2.24) is 20.1 Å². The van der Waals surface area contributed by atoms with Crippen LogP contribution < -0.4 is 10.1 Å². The van der Waals surface area contributed by atoms with E-state index in [9.17, 15) is 4.79 Å². The second-order valence-corrected chi connectivity index (χ2v) is 4.38. The number of rotatable bonds is 2. The molecule has 2 aliphatic rings. The molecule has 7 heteroatoms. The van der Waals surface area contributed by atoms with Crippen molar-refractivity contribution < 1.29 is 14.6 Å². The fourth-order valence-corrected chi connectivity index (χ4v) is 2.44. The van der Waals surface area contributed by atoms with Crippen LogP contribution in [0.25, 0.3) is 0 Å². The van der Waals surface area contributed by atoms with Crippen LogP contribution in [-0.2, 0) is 11.3 Å². The summed E-state index contributed by atoms with van der Waals surface area (Å²) in [6, 6.07) is 0.0241. The highest BCUT2D eigenvalue weighted by Gasteiger charge is 2.31. The number of nitrogens with one attached hydrogen (secondary N) is 1. The molecule has 2 aliphatic heterocycles. The van der Waals surface area contributed by atoms with Crippen molar-refractivity contribution >= 4 is 5.97 Å². The Bertz CT molecular complexity index is 445. The Hall–Kier alpha value is -1.63. The van der Waals surface area contributed by atoms with Crippen LogP contribution in [0.5, 0.6) is 6.01 Å². The molecule has 0 saturated carbocycles. The lowest BCUT2D eigenvalue weighted by molar-refractivity contribution is -0.140. The molecule has 0 radical (unpaired) electrons. The number of nitrogens with zero attached hydrogens (tertiary/aromatic N) is 3. The minimum Gasteiger partial charge on any atom is -0.480 e. The van der Waals surface area contributed by atoms with Gasteiger partial charge in [0, 0.05) is 0 Å². The molecule has 3 rings (SSSR count). The lowest BCUT2D eigenvalue weighted by atomic mass is 9.98. The molecule has 1 fully saturated rings. The van der Waals surface area contributed by atoms with Crippen LogP contribution in [0.4, 0.5) is 0 Å². The smallest absolute Gasteiger partial charge is 0.320 e. The number of hydrogen-bond acceptors (Lipinski definition) is 5. The van der Waals surface area contributed by atoms with Crippen LogP contribution in [0.1, 0.15) is 31.1 Å². The molecule has 2 atom stereocenters. The normalized spacial score (nSPS) is 27.5. The molecule has 3 heterocycles. The van der Waals surface area contributed by atoms with Gasteiger partial charge in [-0.15, -0.1) is 5.10 Å². The molecule has 0 aliphatic carbocycles. The van der Waals surface area contributed by atoms with Gasteiger partial charge in [0.1, 0.15) is 12.6 Å². The molecule has 0 aromatic carbocycles. The number of ether oxygens (including phenoxy) is 1. The Morgan fingerprint density at radius 2 is 2.35 bits per heavy atom. The van der Waals surface area contributed by atoms with Crippen LogP contribution in [0.15, 0.2) is 0 Å². The van der Waals surface area contributed by atoms with Gasteiger partial charge in [0.05, 0.1) is 12.6 Å². The van der Waals surface area contributed by atoms with Crippen molar-refractivity contribution in [2.24, 2.45) is 0 Å². The monoisotopic (exact) mass is 238 g/mol. The molecular formula is C10H14N4O3. The first-order chi connectivity index (χ1) is 8.25. The number of aromatic nitrogens is 3. The Labute approximate surface area is 97.8 Å². The summed E-state index contributed by atoms with van der Waals surface area (Å²) in [6.45, 7) is 1.36. The average molecular weight is 238 g/mol. The van der Waals surface area contributed by atoms with Crippen LogP contribution in [-0.4, -0.2) is 38.5 Å². The number of carboxylic acid groups (broad SMARTS) is 1. The number of carbonyl (C=O) groups is 1. The summed E-state index contributed by atoms with van der Waals surface area (Å²) < 4.78 is 7.21. The number of carboxylic acids is 1. The first-order valence-corrected chi connectivity index (χ1v) is 5.80. The van der Waals surface area contributed by atoms with E-state index >= 15 is 0 Å². The van der Waals surface area contributed by atoms with Crippen molar-refractivity contribution in [1.29, 1.82) is 0 Å². The molecule has 1 aromatic heterocycles. The van der Waals surface area contributed by atoms with Crippen LogP contribution in [0.2, 0.25) is 0 Å². The highest BCUT2D eigenvalue weighted by molar-refractivity contribution is 5.73. The minimum atomic E-state index is -0.799. The molecule has 17 heavy (non-hydrogen) atoms. The molecule has 1 saturated heterocycles. The van der Waals surface area contributed by atoms with Crippen molar-refractivity contribution in [2.45, 2.75) is 37.9 Å². The number of aliphatic carboxylic acids is 1. The van der Waals surface area contributed by atoms with Gasteiger partial charge in [-0.05, 0) is 19.3 Å². The van der Waals surface area contributed by atoms with Crippen molar-refractivity contribution in [3.05, 3.63) is 5.82 Å². The third-order valence-corrected chi connectivity index (χ3v) is 3.29. The maximum atomic E-state index is 11.0. The van der Waals surface area contributed by atoms with Crippen LogP contribution >= 0.6 is 0 Å². The van der Waals surface area contributed by atoms with Gasteiger partial charge >= 0.3 is 12.0 Å². The minimum absolute atomic E-state index is 0.0344. The maximum Gasteiger partial charge on any atom is 0.320 e. The van der Waals surface area contributed by atoms with E-state index in [1.165, 1.54) is 0 Å². The summed E-state index contributed by atoms with van der Waals surface area (Å²) in [4.78, 5) is 11.0. The number of hydrogen-bond donors (Lipinski definition) is 2. The number of fused-ring (bicyclic) bond motifs is 1. The summed E-state index contributed by atoms with van der Waals surface area (Å²) >= 11 is 0. The fourth-order valence-electron chi connectivity index (χ4n) is 2.44. The molecule has 0 amide bonds. The van der Waals surface area contributed by atoms with Gasteiger partial charge in [-0.25, -0.2) is 0 Å². The zero-order valence-electron chi connectivity index (χ0n) is 9.30. The zero-order chi connectivity index (χ0) is 11.8. The van der Waals surface area contributed by atoms with E-state index in [4.69, 9.17) is 9.84 Å². The van der Waals surface area contributed by atoms with Gasteiger partial charge in [-0.1, -0.05) is 5.10 Å². The van der Waals surface area contributed by atoms with Crippen molar-refractivity contribution in [3.63, 3.8) is 0 Å². The van der Waals surface area contributed by atoms with E-state index in [0.29, 0.717) is 19.0 Å². The lowest BCUT2D eigenvalue weighted by Gasteiger charge is -2.27. The van der Waals surface area contributed by atoms with Gasteiger partial charge < -0.3 is 9.84 Å². The topological polar surface area (TPSA) is 89.3 Å². The molecule has 92 valence electrons. The molecule has 2 N–H and O–H groups in total. The molecule has 1 aromatic rings. The van der Waals surface area contributed by atoms with Gasteiger partial charge in [0.2, 0.25) is 0 Å². The van der Waals surface area contributed by atoms with E-state index in [2.05, 4.69) is 15.5 Å². The third kappa shape index (κ3) is 1.76. The highest BCUT2D eigenvalue weighted by atomic mass is 16.5. The fraction of sp³-hybridized carbons (Fsp3) is 0.700. The first-order valence-electron chi connectivity index (χ1n) is 5.80. The Morgan fingerprint density at radius 3 is 3.18 bits per heavy atom. The predicted molar refractivity (Wildman–Crippen MR) is 56.7 cm³/mol. The lowest BCUT2D eigenvalue weighted by Crippen LogP contribution is -2.43. The second-order valence-electron chi connectivity index (χ2n) is 4.38. The largest absolute Gasteiger partial charge is 0.480 e. The van der Waals surface area contributed by atoms with E-state index < -0.39 is 12.0 Å². The van der Waals surface area contributed by atoms with E-state index in [0.717, 1.165) is 25.2 Å². The Kier molecular flexibility index (Phi) is 2.47. The molecule has 0 bridgehead atoms. The molecule has 0 spiro atoms. The SMILES string of the molecule is O=C(O)C1CCCC(c2nnc3n2CCO3)N1. The summed E-state index contributed by atoms with van der Waals surface area (Å²) in [6.07, 6.45) is 2.45. The first kappa shape index (κ1) is 10.5. The van der Waals surface area contributed by atoms with Gasteiger partial charge in [0.15, 0.2) is 5.82 Å². The van der Waals surface area contributed by atoms with Crippen LogP contribution in [0.3, 0.4) is 0 Å². The Morgan fingerprint density at radius 1 is 1.47 bits per heavy atom. The van der Waals surface area contributed by atoms with Gasteiger partial charge in [-0.2, -0.15) is 0 Å². The molecule has 2 unspecified atom stereocenters. The quantitative estimate of drug-likeness (QED) is 0.750. The molecular weight excluding hydrogens is 224 g/mol. The van der Waals surface area contributed by atoms with E-state index in [-0.39, 0.29) is 6.04 Å². The number of piperidine rings is 1. The summed E-state index contributed by atoms with van der Waals surface area (Å²) in [5.41, 5.74) is 0. The maximum absolute atomic E-state index is 11.0. The van der Waals surface area contributed by atoms with E-state index in [1.54, 1.807) is 0 Å². The highest BCUT2D eigenvalue weighted by Crippen LogP contribution is 2.28. The van der Waals surface area contributed by atoms with Crippen molar-refractivity contribution in [3.8, 4) is 6.01 Å². The van der Waals surface area contributed by atoms with Crippen LogP contribution in [0, 0.1) is 0 Å². The Balaban J connectivity index is 1.81. The second kappa shape index (κ2) is 3.99. The van der Waals surface area contributed by atoms with E-state index in [1.807, 2.05) is 4.57 Å². The summed E-state index contributed by atoms with van der Waals surface area (Å²) in [7, 11) is 0. The predicted octanol–water partition coefficient (Wildman–Crippen LogP) is -0.0617. The summed E-state index contributed by atoms with van der Waals surface area (Å²) in [5.74, 6) is -0.00411. The van der Waals surface area contributed by atoms with Gasteiger partial charge in [-0.3, -0.25) is 14.7 Å². The van der Waals surface area contributed by atoms with Gasteiger partial charge in [0.25, 0.3) is 0 Å². The third-order valence-electron chi connectivity index (χ3n) is 3.29.